The van der Waals surface area contributed by atoms with Crippen LogP contribution in [0.1, 0.15) is 16.8 Å². The van der Waals surface area contributed by atoms with Crippen LogP contribution in [0.4, 0.5) is 4.39 Å². The molecule has 1 aromatic carbocycles. The van der Waals surface area contributed by atoms with Crippen LogP contribution in [0.15, 0.2) is 40.0 Å². The topological polar surface area (TPSA) is 79.0 Å². The Morgan fingerprint density at radius 3 is 2.38 bits per heavy atom. The van der Waals surface area contributed by atoms with E-state index in [1.54, 1.807) is 19.9 Å². The number of aromatic amines is 1. The molecule has 7 heteroatoms. The number of hydrogen-bond donors (Lipinski definition) is 2. The van der Waals surface area contributed by atoms with Crippen molar-refractivity contribution in [3.05, 3.63) is 63.3 Å². The van der Waals surface area contributed by atoms with Crippen LogP contribution in [-0.2, 0) is 16.6 Å². The van der Waals surface area contributed by atoms with Gasteiger partial charge in [-0.05, 0) is 49.7 Å². The summed E-state index contributed by atoms with van der Waals surface area (Å²) in [5.41, 5.74) is 1.45. The fraction of sp³-hybridized carbons (Fsp3) is 0.214. The second-order valence-electron chi connectivity index (χ2n) is 4.72. The van der Waals surface area contributed by atoms with Crippen molar-refractivity contribution in [2.24, 2.45) is 0 Å². The number of H-pyrrole nitrogens is 1. The van der Waals surface area contributed by atoms with Crippen molar-refractivity contribution in [1.82, 2.24) is 9.71 Å². The first kappa shape index (κ1) is 15.4. The van der Waals surface area contributed by atoms with Gasteiger partial charge in [0.25, 0.3) is 5.56 Å². The maximum atomic E-state index is 12.8. The molecule has 1 heterocycles. The van der Waals surface area contributed by atoms with E-state index in [0.717, 1.165) is 12.1 Å². The van der Waals surface area contributed by atoms with Crippen molar-refractivity contribution in [2.75, 3.05) is 0 Å². The SMILES string of the molecule is Cc1cc(C)c(CNS(=O)(=O)c2ccc(F)cc2)c(=O)[nH]1. The first-order chi connectivity index (χ1) is 9.79. The molecule has 2 N–H and O–H groups in total. The molecular weight excluding hydrogens is 295 g/mol. The number of hydrogen-bond acceptors (Lipinski definition) is 3. The molecule has 21 heavy (non-hydrogen) atoms. The normalized spacial score (nSPS) is 11.6. The summed E-state index contributed by atoms with van der Waals surface area (Å²) < 4.78 is 39.3. The molecule has 0 spiro atoms. The van der Waals surface area contributed by atoms with Crippen molar-refractivity contribution in [1.29, 1.82) is 0 Å². The lowest BCUT2D eigenvalue weighted by Gasteiger charge is -2.09. The average molecular weight is 310 g/mol. The van der Waals surface area contributed by atoms with Crippen molar-refractivity contribution in [2.45, 2.75) is 25.3 Å². The highest BCUT2D eigenvalue weighted by molar-refractivity contribution is 7.89. The average Bonchev–Trinajstić information content (AvgIpc) is 2.37. The van der Waals surface area contributed by atoms with Crippen LogP contribution >= 0.6 is 0 Å². The molecule has 1 aromatic heterocycles. The highest BCUT2D eigenvalue weighted by Crippen LogP contribution is 2.11. The highest BCUT2D eigenvalue weighted by Gasteiger charge is 2.15. The summed E-state index contributed by atoms with van der Waals surface area (Å²) in [7, 11) is -3.79. The lowest BCUT2D eigenvalue weighted by Crippen LogP contribution is -2.28. The van der Waals surface area contributed by atoms with Crippen molar-refractivity contribution >= 4 is 10.0 Å². The number of benzene rings is 1. The van der Waals surface area contributed by atoms with E-state index in [2.05, 4.69) is 9.71 Å². The second kappa shape index (κ2) is 5.79. The van der Waals surface area contributed by atoms with Gasteiger partial charge >= 0.3 is 0 Å². The maximum Gasteiger partial charge on any atom is 0.252 e. The molecule has 0 fully saturated rings. The Hall–Kier alpha value is -1.99. The molecule has 0 saturated carbocycles. The fourth-order valence-electron chi connectivity index (χ4n) is 1.97. The van der Waals surface area contributed by atoms with Crippen LogP contribution in [0.5, 0.6) is 0 Å². The summed E-state index contributed by atoms with van der Waals surface area (Å²) in [5, 5.41) is 0. The first-order valence-corrected chi connectivity index (χ1v) is 7.72. The number of sulfonamides is 1. The Kier molecular flexibility index (Phi) is 4.24. The van der Waals surface area contributed by atoms with Gasteiger partial charge in [0.15, 0.2) is 0 Å². The highest BCUT2D eigenvalue weighted by atomic mass is 32.2. The third-order valence-corrected chi connectivity index (χ3v) is 4.47. The molecule has 112 valence electrons. The minimum Gasteiger partial charge on any atom is -0.326 e. The van der Waals surface area contributed by atoms with Crippen LogP contribution in [-0.4, -0.2) is 13.4 Å². The van der Waals surface area contributed by atoms with Gasteiger partial charge in [0, 0.05) is 17.8 Å². The summed E-state index contributed by atoms with van der Waals surface area (Å²) >= 11 is 0. The molecule has 0 aliphatic heterocycles. The monoisotopic (exact) mass is 310 g/mol. The summed E-state index contributed by atoms with van der Waals surface area (Å²) in [5.74, 6) is -0.514. The molecule has 2 rings (SSSR count). The number of aromatic nitrogens is 1. The van der Waals surface area contributed by atoms with Crippen LogP contribution in [0.3, 0.4) is 0 Å². The van der Waals surface area contributed by atoms with Gasteiger partial charge in [0.2, 0.25) is 10.0 Å². The standard InChI is InChI=1S/C14H15FN2O3S/c1-9-7-10(2)17-14(18)13(9)8-16-21(19,20)12-5-3-11(15)4-6-12/h3-7,16H,8H2,1-2H3,(H,17,18). The number of nitrogens with one attached hydrogen (secondary N) is 2. The molecule has 2 aromatic rings. The second-order valence-corrected chi connectivity index (χ2v) is 6.49. The molecule has 0 amide bonds. The molecule has 0 aliphatic rings. The van der Waals surface area contributed by atoms with E-state index in [4.69, 9.17) is 0 Å². The van der Waals surface area contributed by atoms with E-state index in [-0.39, 0.29) is 17.0 Å². The number of rotatable bonds is 4. The third kappa shape index (κ3) is 3.56. The maximum absolute atomic E-state index is 12.8. The van der Waals surface area contributed by atoms with E-state index in [1.165, 1.54) is 12.1 Å². The summed E-state index contributed by atoms with van der Waals surface area (Å²) in [4.78, 5) is 14.4. The Morgan fingerprint density at radius 2 is 1.81 bits per heavy atom. The zero-order valence-electron chi connectivity index (χ0n) is 11.6. The van der Waals surface area contributed by atoms with Gasteiger partial charge in [-0.2, -0.15) is 0 Å². The summed E-state index contributed by atoms with van der Waals surface area (Å²) in [6, 6.07) is 6.24. The number of pyridine rings is 1. The number of aryl methyl sites for hydroxylation is 2. The summed E-state index contributed by atoms with van der Waals surface area (Å²) in [6.45, 7) is 3.37. The van der Waals surface area contributed by atoms with Crippen LogP contribution < -0.4 is 10.3 Å². The van der Waals surface area contributed by atoms with Crippen LogP contribution in [0, 0.1) is 19.7 Å². The predicted molar refractivity (Wildman–Crippen MR) is 77.0 cm³/mol. The number of halogens is 1. The molecule has 0 aliphatic carbocycles. The predicted octanol–water partition coefficient (Wildman–Crippen LogP) is 1.61. The smallest absolute Gasteiger partial charge is 0.252 e. The molecule has 0 bridgehead atoms. The van der Waals surface area contributed by atoms with Crippen LogP contribution in [0.2, 0.25) is 0 Å². The summed E-state index contributed by atoms with van der Waals surface area (Å²) in [6.07, 6.45) is 0. The lowest BCUT2D eigenvalue weighted by molar-refractivity contribution is 0.580. The minimum atomic E-state index is -3.79. The fourth-order valence-corrected chi connectivity index (χ4v) is 2.96. The van der Waals surface area contributed by atoms with Gasteiger partial charge in [-0.3, -0.25) is 4.79 Å². The first-order valence-electron chi connectivity index (χ1n) is 6.24. The Bertz CT molecular complexity index is 811. The molecule has 5 nitrogen and oxygen atoms in total. The lowest BCUT2D eigenvalue weighted by atomic mass is 10.1. The molecule has 0 saturated heterocycles. The largest absolute Gasteiger partial charge is 0.326 e. The third-order valence-electron chi connectivity index (χ3n) is 3.06. The van der Waals surface area contributed by atoms with E-state index in [1.807, 2.05) is 0 Å². The van der Waals surface area contributed by atoms with Gasteiger partial charge in [-0.1, -0.05) is 0 Å². The van der Waals surface area contributed by atoms with Gasteiger partial charge in [0.05, 0.1) is 4.90 Å². The Labute approximate surface area is 121 Å². The minimum absolute atomic E-state index is 0.0508. The van der Waals surface area contributed by atoms with E-state index >= 15 is 0 Å². The van der Waals surface area contributed by atoms with Crippen molar-refractivity contribution in [3.8, 4) is 0 Å². The molecule has 0 unspecified atom stereocenters. The van der Waals surface area contributed by atoms with Crippen molar-refractivity contribution in [3.63, 3.8) is 0 Å². The van der Waals surface area contributed by atoms with E-state index in [9.17, 15) is 17.6 Å². The quantitative estimate of drug-likeness (QED) is 0.900. The Balaban J connectivity index is 2.23. The van der Waals surface area contributed by atoms with E-state index < -0.39 is 15.8 Å². The molecular formula is C14H15FN2O3S. The molecule has 0 radical (unpaired) electrons. The van der Waals surface area contributed by atoms with Gasteiger partial charge in [-0.15, -0.1) is 0 Å². The van der Waals surface area contributed by atoms with E-state index in [0.29, 0.717) is 16.8 Å². The zero-order chi connectivity index (χ0) is 15.6. The molecule has 0 atom stereocenters. The Morgan fingerprint density at radius 1 is 1.19 bits per heavy atom. The zero-order valence-corrected chi connectivity index (χ0v) is 12.4. The van der Waals surface area contributed by atoms with Crippen LogP contribution in [0.25, 0.3) is 0 Å². The van der Waals surface area contributed by atoms with Gasteiger partial charge < -0.3 is 4.98 Å². The van der Waals surface area contributed by atoms with Gasteiger partial charge in [0.1, 0.15) is 5.82 Å². The van der Waals surface area contributed by atoms with Gasteiger partial charge in [-0.25, -0.2) is 17.5 Å². The van der Waals surface area contributed by atoms with Crippen molar-refractivity contribution < 1.29 is 12.8 Å².